The van der Waals surface area contributed by atoms with Gasteiger partial charge in [0.25, 0.3) is 0 Å². The minimum Gasteiger partial charge on any atom is -0.228 e. The van der Waals surface area contributed by atoms with Crippen molar-refractivity contribution in [1.29, 1.82) is 0 Å². The molecule has 0 amide bonds. The van der Waals surface area contributed by atoms with E-state index < -0.39 is 20.1 Å². The summed E-state index contributed by atoms with van der Waals surface area (Å²) >= 11 is 0. The molecule has 16 rings (SSSR count). The Morgan fingerprint density at radius 2 is 0.327 bits per heavy atom. The van der Waals surface area contributed by atoms with Gasteiger partial charge in [-0.05, 0) is 164 Å². The maximum atomic E-state index is 5.81. The predicted octanol–water partition coefficient (Wildman–Crippen LogP) is 26.2. The van der Waals surface area contributed by atoms with E-state index in [1.807, 2.05) is 0 Å². The van der Waals surface area contributed by atoms with Crippen LogP contribution in [0.25, 0.3) is 101 Å². The van der Waals surface area contributed by atoms with Gasteiger partial charge in [-0.3, -0.25) is 0 Å². The highest BCUT2D eigenvalue weighted by Crippen LogP contribution is 2.79. The van der Waals surface area contributed by atoms with Gasteiger partial charge >= 0.3 is 0 Å². The molecule has 98 heavy (non-hydrogen) atoms. The van der Waals surface area contributed by atoms with Crippen LogP contribution in [0.15, 0.2) is 452 Å². The van der Waals surface area contributed by atoms with Gasteiger partial charge in [0, 0.05) is 55.9 Å². The molecule has 0 radical (unpaired) electrons. The summed E-state index contributed by atoms with van der Waals surface area (Å²) in [7, 11) is -5.34. The molecule has 16 aromatic rings. The zero-order valence-electron chi connectivity index (χ0n) is 54.0. The van der Waals surface area contributed by atoms with E-state index in [1.165, 1.54) is 29.4 Å². The lowest BCUT2D eigenvalue weighted by molar-refractivity contribution is 1.16. The first-order valence-corrected chi connectivity index (χ1v) is 36.6. The number of nitrogens with zero attached hydrogens (tertiary/aromatic N) is 2. The molecule has 0 aliphatic rings. The summed E-state index contributed by atoms with van der Waals surface area (Å²) in [6.07, 6.45) is 0. The van der Waals surface area contributed by atoms with Gasteiger partial charge in [-0.1, -0.05) is 315 Å². The number of rotatable bonds is 17. The van der Waals surface area contributed by atoms with Gasteiger partial charge in [-0.2, -0.15) is 0 Å². The normalized spacial score (nSPS) is 11.8. The average Bonchev–Trinajstić information content (AvgIpc) is 0.707. The van der Waals surface area contributed by atoms with Crippen molar-refractivity contribution >= 4 is 20.1 Å². The largest absolute Gasteiger partial charge is 0.228 e. The SMILES string of the molecule is c1ccc(-c2cccc(S(c3cccc(-c4ccccc4)c3)(c3cccc(-c4ccccc4)c3)c3cc(-c4cc(-c5ccccc5)nc(-c5ccccc5)n4)cc(S(c4cccc(-c5ccccc5)c4)(c4cccc(-c5ccccc5)c4)c4cccc(-c5ccccc5)c4)c3)c2)cc1. The molecule has 0 aliphatic carbocycles. The molecular formula is C94H68N2S2. The van der Waals surface area contributed by atoms with Crippen molar-refractivity contribution in [2.24, 2.45) is 0 Å². The Labute approximate surface area is 578 Å². The summed E-state index contributed by atoms with van der Waals surface area (Å²) in [5.74, 6) is 0.648. The maximum absolute atomic E-state index is 5.81. The third-order valence-electron chi connectivity index (χ3n) is 18.5. The summed E-state index contributed by atoms with van der Waals surface area (Å²) in [5, 5.41) is 0. The van der Waals surface area contributed by atoms with Gasteiger partial charge in [0.2, 0.25) is 0 Å². The Morgan fingerprint density at radius 3 is 0.571 bits per heavy atom. The first kappa shape index (κ1) is 61.0. The van der Waals surface area contributed by atoms with Crippen LogP contribution in [0.5, 0.6) is 0 Å². The van der Waals surface area contributed by atoms with E-state index in [0.29, 0.717) is 5.82 Å². The lowest BCUT2D eigenvalue weighted by Crippen LogP contribution is -2.10. The number of aromatic nitrogens is 2. The predicted molar refractivity (Wildman–Crippen MR) is 411 cm³/mol. The number of hydrogen-bond donors (Lipinski definition) is 0. The Kier molecular flexibility index (Phi) is 17.1. The van der Waals surface area contributed by atoms with Crippen molar-refractivity contribution in [2.45, 2.75) is 39.2 Å². The van der Waals surface area contributed by atoms with Crippen LogP contribution in [-0.4, -0.2) is 9.97 Å². The standard InChI is InChI=1S/C94H68N2S2/c1-9-31-69(32-10-1)77-47-25-53-84(59-77)97(85-54-26-48-78(60-85)70-33-11-2-12-34-70,86-55-27-49-79(61-86)71-35-13-3-14-36-71)90-65-83(93-68-92(75-43-21-7-22-44-75)95-94(96-93)76-45-23-8-24-46-76)66-91(67-90)98(87-56-28-50-80(62-87)72-37-15-4-16-38-72,88-57-29-51-81(63-88)73-39-17-5-18-40-73)89-58-30-52-82(64-89)74-41-19-6-20-42-74/h1-68H. The molecule has 0 saturated heterocycles. The fraction of sp³-hybridized carbons (Fsp3) is 0. The monoisotopic (exact) mass is 1290 g/mol. The van der Waals surface area contributed by atoms with Gasteiger partial charge in [0.1, 0.15) is 0 Å². The van der Waals surface area contributed by atoms with Gasteiger partial charge < -0.3 is 0 Å². The Balaban J connectivity index is 1.12. The second-order valence-electron chi connectivity index (χ2n) is 24.5. The van der Waals surface area contributed by atoms with Crippen LogP contribution in [0.3, 0.4) is 0 Å². The highest BCUT2D eigenvalue weighted by atomic mass is 32.3. The first-order chi connectivity index (χ1) is 48.5. The molecule has 0 aliphatic heterocycles. The molecule has 0 spiro atoms. The minimum absolute atomic E-state index is 0.648. The smallest absolute Gasteiger partial charge is 0.160 e. The van der Waals surface area contributed by atoms with E-state index in [9.17, 15) is 0 Å². The zero-order chi connectivity index (χ0) is 65.5. The van der Waals surface area contributed by atoms with Crippen molar-refractivity contribution in [3.63, 3.8) is 0 Å². The summed E-state index contributed by atoms with van der Waals surface area (Å²) in [6, 6.07) is 153. The van der Waals surface area contributed by atoms with E-state index in [0.717, 1.165) is 105 Å². The van der Waals surface area contributed by atoms with Gasteiger partial charge in [-0.15, -0.1) is 20.1 Å². The second kappa shape index (κ2) is 27.4. The average molecular weight is 1290 g/mol. The molecule has 15 aromatic carbocycles. The van der Waals surface area contributed by atoms with Gasteiger partial charge in [0.15, 0.2) is 5.82 Å². The topological polar surface area (TPSA) is 25.8 Å². The molecule has 0 unspecified atom stereocenters. The minimum atomic E-state index is -2.67. The molecule has 466 valence electrons. The van der Waals surface area contributed by atoms with Crippen LogP contribution >= 0.6 is 20.1 Å². The van der Waals surface area contributed by atoms with E-state index in [2.05, 4.69) is 413 Å². The van der Waals surface area contributed by atoms with Gasteiger partial charge in [-0.25, -0.2) is 9.97 Å². The van der Waals surface area contributed by atoms with Crippen LogP contribution in [0.4, 0.5) is 0 Å². The molecule has 0 bridgehead atoms. The highest BCUT2D eigenvalue weighted by Gasteiger charge is 2.40. The maximum Gasteiger partial charge on any atom is 0.160 e. The van der Waals surface area contributed by atoms with Crippen molar-refractivity contribution in [2.75, 3.05) is 0 Å². The molecule has 0 saturated carbocycles. The van der Waals surface area contributed by atoms with E-state index in [4.69, 9.17) is 9.97 Å². The highest BCUT2D eigenvalue weighted by molar-refractivity contribution is 8.34. The van der Waals surface area contributed by atoms with E-state index >= 15 is 0 Å². The molecule has 0 atom stereocenters. The number of benzene rings is 15. The molecule has 0 N–H and O–H groups in total. The lowest BCUT2D eigenvalue weighted by Gasteiger charge is -2.46. The van der Waals surface area contributed by atoms with Crippen molar-refractivity contribution < 1.29 is 0 Å². The van der Waals surface area contributed by atoms with Crippen molar-refractivity contribution in [1.82, 2.24) is 9.97 Å². The molecular weight excluding hydrogens is 1220 g/mol. The first-order valence-electron chi connectivity index (χ1n) is 33.3. The van der Waals surface area contributed by atoms with Gasteiger partial charge in [0.05, 0.1) is 11.4 Å². The Morgan fingerprint density at radius 1 is 0.133 bits per heavy atom. The van der Waals surface area contributed by atoms with E-state index in [1.54, 1.807) is 0 Å². The lowest BCUT2D eigenvalue weighted by atomic mass is 10.1. The van der Waals surface area contributed by atoms with Crippen LogP contribution in [0.1, 0.15) is 0 Å². The van der Waals surface area contributed by atoms with Crippen molar-refractivity contribution in [3.05, 3.63) is 413 Å². The second-order valence-corrected chi connectivity index (χ2v) is 30.7. The zero-order valence-corrected chi connectivity index (χ0v) is 55.6. The fourth-order valence-corrected chi connectivity index (χ4v) is 21.8. The third-order valence-corrected chi connectivity index (χ3v) is 26.1. The quantitative estimate of drug-likeness (QED) is 0.0908. The van der Waals surface area contributed by atoms with Crippen LogP contribution in [0, 0.1) is 0 Å². The van der Waals surface area contributed by atoms with Crippen LogP contribution in [0.2, 0.25) is 0 Å². The molecule has 4 heteroatoms. The summed E-state index contributed by atoms with van der Waals surface area (Å²) in [4.78, 5) is 20.7. The summed E-state index contributed by atoms with van der Waals surface area (Å²) < 4.78 is 0. The van der Waals surface area contributed by atoms with Crippen LogP contribution < -0.4 is 0 Å². The summed E-state index contributed by atoms with van der Waals surface area (Å²) in [6.45, 7) is 0. The molecule has 0 fully saturated rings. The number of hydrogen-bond acceptors (Lipinski definition) is 2. The van der Waals surface area contributed by atoms with Crippen molar-refractivity contribution in [3.8, 4) is 101 Å². The van der Waals surface area contributed by atoms with Crippen LogP contribution in [-0.2, 0) is 0 Å². The fourth-order valence-electron chi connectivity index (χ4n) is 13.8. The molecule has 1 heterocycles. The Hall–Kier alpha value is -11.9. The Bertz CT molecular complexity index is 4690. The molecule has 2 nitrogen and oxygen atoms in total. The molecule has 1 aromatic heterocycles. The van der Waals surface area contributed by atoms with E-state index in [-0.39, 0.29) is 0 Å². The summed E-state index contributed by atoms with van der Waals surface area (Å²) in [5.41, 5.74) is 18.3. The third kappa shape index (κ3) is 12.0.